The molecule has 0 heterocycles. The van der Waals surface area contributed by atoms with Gasteiger partial charge in [-0.2, -0.15) is 0 Å². The van der Waals surface area contributed by atoms with Crippen LogP contribution in [0.15, 0.2) is 91.0 Å². The van der Waals surface area contributed by atoms with E-state index in [1.807, 2.05) is 87.5 Å². The number of hydrogen-bond donors (Lipinski definition) is 3. The Morgan fingerprint density at radius 2 is 1.53 bits per heavy atom. The lowest BCUT2D eigenvalue weighted by Crippen LogP contribution is -2.55. The van der Waals surface area contributed by atoms with Gasteiger partial charge in [-0.15, -0.1) is 0 Å². The summed E-state index contributed by atoms with van der Waals surface area (Å²) in [4.78, 5) is 43.5. The molecular weight excluding hydrogens is 566 g/mol. The van der Waals surface area contributed by atoms with E-state index in [2.05, 4.69) is 10.6 Å². The lowest BCUT2D eigenvalue weighted by atomic mass is 9.97. The minimum Gasteiger partial charge on any atom is -0.508 e. The number of rotatable bonds is 10. The number of ether oxygens (including phenoxy) is 1. The molecule has 4 aromatic rings. The van der Waals surface area contributed by atoms with Gasteiger partial charge in [0.25, 0.3) is 5.91 Å². The fourth-order valence-corrected chi connectivity index (χ4v) is 5.16. The smallest absolute Gasteiger partial charge is 0.408 e. The lowest BCUT2D eigenvalue weighted by Gasteiger charge is -2.38. The molecule has 0 bridgehead atoms. The predicted octanol–water partition coefficient (Wildman–Crippen LogP) is 7.30. The van der Waals surface area contributed by atoms with E-state index in [1.165, 1.54) is 12.1 Å². The van der Waals surface area contributed by atoms with Crippen LogP contribution < -0.4 is 10.6 Å². The van der Waals surface area contributed by atoms with Crippen LogP contribution in [0.3, 0.4) is 0 Å². The number of phenolic OH excluding ortho intramolecular Hbond substituents is 1. The van der Waals surface area contributed by atoms with Crippen molar-refractivity contribution in [2.75, 3.05) is 5.32 Å². The number of carbonyl (C=O) groups excluding carboxylic acids is 3. The molecule has 0 fully saturated rings. The summed E-state index contributed by atoms with van der Waals surface area (Å²) in [6, 6.07) is 25.2. The largest absolute Gasteiger partial charge is 0.508 e. The zero-order chi connectivity index (χ0) is 32.7. The highest BCUT2D eigenvalue weighted by Crippen LogP contribution is 2.29. The molecule has 3 unspecified atom stereocenters. The molecule has 0 radical (unpaired) electrons. The third kappa shape index (κ3) is 8.85. The summed E-state index contributed by atoms with van der Waals surface area (Å²) in [6.45, 7) is 11.1. The normalized spacial score (nSPS) is 13.4. The van der Waals surface area contributed by atoms with Gasteiger partial charge in [-0.25, -0.2) is 4.79 Å². The number of alkyl carbamates (subject to hydrolysis) is 1. The molecule has 4 aromatic carbocycles. The molecular formula is C37H43N3O5. The van der Waals surface area contributed by atoms with Crippen LogP contribution in [0.5, 0.6) is 5.75 Å². The van der Waals surface area contributed by atoms with Gasteiger partial charge in [-0.1, -0.05) is 79.2 Å². The van der Waals surface area contributed by atoms with E-state index in [-0.39, 0.29) is 24.1 Å². The minimum absolute atomic E-state index is 0.0905. The van der Waals surface area contributed by atoms with Gasteiger partial charge in [0.1, 0.15) is 23.4 Å². The molecule has 236 valence electrons. The number of carbonyl (C=O) groups is 3. The summed E-state index contributed by atoms with van der Waals surface area (Å²) >= 11 is 0. The number of anilines is 1. The van der Waals surface area contributed by atoms with Crippen molar-refractivity contribution in [2.45, 2.75) is 78.1 Å². The van der Waals surface area contributed by atoms with Crippen molar-refractivity contribution in [3.63, 3.8) is 0 Å². The molecule has 8 heteroatoms. The predicted molar refractivity (Wildman–Crippen MR) is 178 cm³/mol. The van der Waals surface area contributed by atoms with Gasteiger partial charge >= 0.3 is 6.09 Å². The Morgan fingerprint density at radius 1 is 0.889 bits per heavy atom. The quantitative estimate of drug-likeness (QED) is 0.175. The maximum atomic E-state index is 14.7. The molecule has 3 N–H and O–H groups in total. The van der Waals surface area contributed by atoms with Crippen molar-refractivity contribution < 1.29 is 24.2 Å². The van der Waals surface area contributed by atoms with Crippen LogP contribution in [0.2, 0.25) is 0 Å². The number of aromatic hydroxyl groups is 1. The molecule has 0 aliphatic heterocycles. The fourth-order valence-electron chi connectivity index (χ4n) is 5.16. The third-order valence-corrected chi connectivity index (χ3v) is 7.62. The standard InChI is InChI=1S/C37H43N3O5/c1-7-25(3)40(35(43)32(39-36(44)45-37(4,5)6)22-26-14-20-31(41)21-15-26)33(28-16-12-24(2)13-17-28)34(42)38-30-19-18-27-10-8-9-11-29(27)23-30/h8-21,23,25,32-33,41H,7,22H2,1-6H3,(H,38,42)(H,39,44). The summed E-state index contributed by atoms with van der Waals surface area (Å²) in [5, 5.41) is 17.7. The minimum atomic E-state index is -1.06. The molecule has 4 rings (SSSR count). The topological polar surface area (TPSA) is 108 Å². The number of amides is 3. The van der Waals surface area contributed by atoms with Crippen molar-refractivity contribution in [1.29, 1.82) is 0 Å². The molecule has 3 amide bonds. The van der Waals surface area contributed by atoms with E-state index in [1.54, 1.807) is 37.8 Å². The maximum Gasteiger partial charge on any atom is 0.408 e. The summed E-state index contributed by atoms with van der Waals surface area (Å²) in [5.74, 6) is -0.710. The Morgan fingerprint density at radius 3 is 2.16 bits per heavy atom. The Balaban J connectivity index is 1.76. The van der Waals surface area contributed by atoms with E-state index in [0.29, 0.717) is 17.7 Å². The number of nitrogens with one attached hydrogen (secondary N) is 2. The molecule has 0 aromatic heterocycles. The molecule has 0 aliphatic rings. The number of benzene rings is 4. The zero-order valence-electron chi connectivity index (χ0n) is 26.8. The van der Waals surface area contributed by atoms with E-state index in [9.17, 15) is 19.5 Å². The summed E-state index contributed by atoms with van der Waals surface area (Å²) in [7, 11) is 0. The molecule has 0 aliphatic carbocycles. The molecule has 3 atom stereocenters. The second kappa shape index (κ2) is 14.3. The van der Waals surface area contributed by atoms with Gasteiger partial charge in [0.15, 0.2) is 0 Å². The number of hydrogen-bond acceptors (Lipinski definition) is 5. The molecule has 0 spiro atoms. The van der Waals surface area contributed by atoms with Gasteiger partial charge in [0.05, 0.1) is 0 Å². The molecule has 0 saturated heterocycles. The van der Waals surface area contributed by atoms with Crippen LogP contribution >= 0.6 is 0 Å². The van der Waals surface area contributed by atoms with Crippen LogP contribution in [0.1, 0.15) is 63.8 Å². The van der Waals surface area contributed by atoms with Gasteiger partial charge in [0.2, 0.25) is 5.91 Å². The van der Waals surface area contributed by atoms with Crippen molar-refractivity contribution in [3.05, 3.63) is 108 Å². The SMILES string of the molecule is CCC(C)N(C(=O)C(Cc1ccc(O)cc1)NC(=O)OC(C)(C)C)C(C(=O)Nc1ccc2ccccc2c1)c1ccc(C)cc1. The lowest BCUT2D eigenvalue weighted by molar-refractivity contribution is -0.143. The van der Waals surface area contributed by atoms with Gasteiger partial charge < -0.3 is 25.4 Å². The van der Waals surface area contributed by atoms with Crippen LogP contribution in [0.4, 0.5) is 10.5 Å². The van der Waals surface area contributed by atoms with Gasteiger partial charge in [0, 0.05) is 18.2 Å². The van der Waals surface area contributed by atoms with Gasteiger partial charge in [-0.05, 0) is 87.2 Å². The average molecular weight is 610 g/mol. The number of aryl methyl sites for hydroxylation is 1. The Bertz CT molecular complexity index is 1630. The van der Waals surface area contributed by atoms with Crippen LogP contribution in [0, 0.1) is 6.92 Å². The number of phenols is 1. The first-order valence-corrected chi connectivity index (χ1v) is 15.3. The van der Waals surface area contributed by atoms with Gasteiger partial charge in [-0.3, -0.25) is 9.59 Å². The zero-order valence-corrected chi connectivity index (χ0v) is 26.8. The highest BCUT2D eigenvalue weighted by molar-refractivity contribution is 6.00. The number of nitrogens with zero attached hydrogens (tertiary/aromatic N) is 1. The van der Waals surface area contributed by atoms with Crippen LogP contribution in [-0.4, -0.2) is 45.6 Å². The molecule has 45 heavy (non-hydrogen) atoms. The fraction of sp³-hybridized carbons (Fsp3) is 0.324. The first-order chi connectivity index (χ1) is 21.3. The van der Waals surface area contributed by atoms with E-state index in [0.717, 1.165) is 21.9 Å². The second-order valence-electron chi connectivity index (χ2n) is 12.4. The van der Waals surface area contributed by atoms with E-state index >= 15 is 0 Å². The first-order valence-electron chi connectivity index (χ1n) is 15.3. The Labute approximate surface area is 265 Å². The van der Waals surface area contributed by atoms with Crippen molar-refractivity contribution >= 4 is 34.4 Å². The van der Waals surface area contributed by atoms with Crippen molar-refractivity contribution in [1.82, 2.24) is 10.2 Å². The van der Waals surface area contributed by atoms with Crippen molar-refractivity contribution in [3.8, 4) is 5.75 Å². The van der Waals surface area contributed by atoms with Crippen LogP contribution in [-0.2, 0) is 20.7 Å². The summed E-state index contributed by atoms with van der Waals surface area (Å²) in [6.07, 6.45) is -0.0512. The summed E-state index contributed by atoms with van der Waals surface area (Å²) in [5.41, 5.74) is 2.22. The summed E-state index contributed by atoms with van der Waals surface area (Å²) < 4.78 is 5.52. The third-order valence-electron chi connectivity index (χ3n) is 7.62. The van der Waals surface area contributed by atoms with Crippen molar-refractivity contribution in [2.24, 2.45) is 0 Å². The molecule has 8 nitrogen and oxygen atoms in total. The van der Waals surface area contributed by atoms with E-state index < -0.39 is 29.7 Å². The highest BCUT2D eigenvalue weighted by Gasteiger charge is 2.38. The highest BCUT2D eigenvalue weighted by atomic mass is 16.6. The maximum absolute atomic E-state index is 14.7. The second-order valence-corrected chi connectivity index (χ2v) is 12.4. The first kappa shape index (κ1) is 33.1. The monoisotopic (exact) mass is 609 g/mol. The Hall–Kier alpha value is -4.85. The number of fused-ring (bicyclic) bond motifs is 1. The molecule has 0 saturated carbocycles. The van der Waals surface area contributed by atoms with Crippen LogP contribution in [0.25, 0.3) is 10.8 Å². The average Bonchev–Trinajstić information content (AvgIpc) is 2.99. The Kier molecular flexibility index (Phi) is 10.5. The van der Waals surface area contributed by atoms with E-state index in [4.69, 9.17) is 4.74 Å².